The topological polar surface area (TPSA) is 95.3 Å². The van der Waals surface area contributed by atoms with Crippen molar-refractivity contribution in [1.82, 2.24) is 9.97 Å². The van der Waals surface area contributed by atoms with Gasteiger partial charge in [0, 0.05) is 12.1 Å². The molecule has 1 aromatic heterocycles. The number of aliphatic hydroxyl groups is 1. The van der Waals surface area contributed by atoms with Gasteiger partial charge >= 0.3 is 5.97 Å². The zero-order chi connectivity index (χ0) is 12.2. The second-order valence-corrected chi connectivity index (χ2v) is 4.08. The van der Waals surface area contributed by atoms with E-state index in [0.717, 1.165) is 0 Å². The summed E-state index contributed by atoms with van der Waals surface area (Å²) in [6.45, 7) is 3.82. The number of carboxylic acid groups (broad SMARTS) is 1. The Morgan fingerprint density at radius 1 is 1.50 bits per heavy atom. The van der Waals surface area contributed by atoms with E-state index in [1.807, 2.05) is 13.8 Å². The van der Waals surface area contributed by atoms with Crippen molar-refractivity contribution in [2.24, 2.45) is 0 Å². The predicted molar refractivity (Wildman–Crippen MR) is 58.4 cm³/mol. The van der Waals surface area contributed by atoms with Crippen molar-refractivity contribution >= 4 is 11.8 Å². The maximum absolute atomic E-state index is 10.7. The molecule has 88 valence electrons. The Hall–Kier alpha value is -1.69. The van der Waals surface area contributed by atoms with Crippen molar-refractivity contribution in [3.63, 3.8) is 0 Å². The van der Waals surface area contributed by atoms with Crippen LogP contribution < -0.4 is 5.32 Å². The normalized spacial score (nSPS) is 11.2. The fourth-order valence-corrected chi connectivity index (χ4v) is 1.22. The number of anilines is 1. The van der Waals surface area contributed by atoms with Crippen LogP contribution in [0.3, 0.4) is 0 Å². The van der Waals surface area contributed by atoms with Crippen molar-refractivity contribution in [2.75, 3.05) is 11.9 Å². The van der Waals surface area contributed by atoms with E-state index in [1.54, 1.807) is 0 Å². The molecular weight excluding hydrogens is 210 g/mol. The van der Waals surface area contributed by atoms with Crippen LogP contribution in [0.5, 0.6) is 0 Å². The van der Waals surface area contributed by atoms with Crippen LogP contribution in [0.25, 0.3) is 0 Å². The molecule has 0 aliphatic carbocycles. The van der Waals surface area contributed by atoms with Crippen LogP contribution in [0.2, 0.25) is 0 Å². The third kappa shape index (κ3) is 3.47. The maximum Gasteiger partial charge on any atom is 0.356 e. The molecule has 0 bridgehead atoms. The Bertz CT molecular complexity index is 379. The smallest absolute Gasteiger partial charge is 0.356 e. The van der Waals surface area contributed by atoms with Gasteiger partial charge < -0.3 is 15.5 Å². The van der Waals surface area contributed by atoms with Crippen LogP contribution in [0, 0.1) is 0 Å². The van der Waals surface area contributed by atoms with Crippen LogP contribution in [-0.2, 0) is 0 Å². The highest BCUT2D eigenvalue weighted by molar-refractivity contribution is 5.85. The summed E-state index contributed by atoms with van der Waals surface area (Å²) in [4.78, 5) is 18.3. The van der Waals surface area contributed by atoms with E-state index >= 15 is 0 Å². The summed E-state index contributed by atoms with van der Waals surface area (Å²) in [5, 5.41) is 20.6. The first-order valence-electron chi connectivity index (χ1n) is 4.89. The molecule has 1 aromatic rings. The first kappa shape index (κ1) is 12.4. The summed E-state index contributed by atoms with van der Waals surface area (Å²) in [5.41, 5.74) is -0.467. The van der Waals surface area contributed by atoms with E-state index in [-0.39, 0.29) is 17.8 Å². The summed E-state index contributed by atoms with van der Waals surface area (Å²) in [6.07, 6.45) is 3.17. The van der Waals surface area contributed by atoms with Gasteiger partial charge in [0.25, 0.3) is 0 Å². The minimum Gasteiger partial charge on any atom is -0.476 e. The van der Waals surface area contributed by atoms with E-state index in [1.165, 1.54) is 12.4 Å². The zero-order valence-electron chi connectivity index (χ0n) is 9.27. The van der Waals surface area contributed by atoms with Crippen LogP contribution in [0.4, 0.5) is 5.82 Å². The molecule has 0 fully saturated rings. The highest BCUT2D eigenvalue weighted by Crippen LogP contribution is 2.15. The average Bonchev–Trinajstić information content (AvgIpc) is 2.17. The Labute approximate surface area is 93.4 Å². The largest absolute Gasteiger partial charge is 0.476 e. The summed E-state index contributed by atoms with van der Waals surface area (Å²) < 4.78 is 0. The molecule has 0 aromatic carbocycles. The predicted octanol–water partition coefficient (Wildman–Crippen LogP) is 0.748. The lowest BCUT2D eigenvalue weighted by Gasteiger charge is -2.25. The highest BCUT2D eigenvalue weighted by Gasteiger charge is 2.18. The van der Waals surface area contributed by atoms with Crippen molar-refractivity contribution in [3.8, 4) is 0 Å². The van der Waals surface area contributed by atoms with E-state index < -0.39 is 5.97 Å². The number of carbonyl (C=O) groups is 1. The molecule has 1 heterocycles. The van der Waals surface area contributed by atoms with Crippen LogP contribution in [0.1, 0.15) is 30.8 Å². The van der Waals surface area contributed by atoms with Crippen molar-refractivity contribution < 1.29 is 15.0 Å². The third-order valence-electron chi connectivity index (χ3n) is 2.06. The van der Waals surface area contributed by atoms with E-state index in [2.05, 4.69) is 15.3 Å². The molecule has 1 rings (SSSR count). The molecule has 0 aliphatic heterocycles. The lowest BCUT2D eigenvalue weighted by molar-refractivity contribution is 0.0690. The minimum atomic E-state index is -1.11. The molecular formula is C10H15N3O3. The van der Waals surface area contributed by atoms with E-state index in [0.29, 0.717) is 12.2 Å². The summed E-state index contributed by atoms with van der Waals surface area (Å²) >= 11 is 0. The van der Waals surface area contributed by atoms with Gasteiger partial charge in [-0.2, -0.15) is 0 Å². The zero-order valence-corrected chi connectivity index (χ0v) is 9.27. The van der Waals surface area contributed by atoms with Gasteiger partial charge in [-0.1, -0.05) is 0 Å². The molecule has 0 radical (unpaired) electrons. The molecule has 0 amide bonds. The average molecular weight is 225 g/mol. The van der Waals surface area contributed by atoms with Gasteiger partial charge in [0.2, 0.25) is 0 Å². The molecule has 0 unspecified atom stereocenters. The van der Waals surface area contributed by atoms with Gasteiger partial charge in [-0.15, -0.1) is 0 Å². The quantitative estimate of drug-likeness (QED) is 0.684. The second-order valence-electron chi connectivity index (χ2n) is 4.08. The van der Waals surface area contributed by atoms with Gasteiger partial charge in [0.05, 0.1) is 12.4 Å². The number of hydrogen-bond acceptors (Lipinski definition) is 5. The standard InChI is InChI=1S/C10H15N3O3/c1-10(2,3-4-14)13-8-6-11-5-7(12-8)9(15)16/h5-6,14H,3-4H2,1-2H3,(H,12,13)(H,15,16). The molecule has 6 heteroatoms. The lowest BCUT2D eigenvalue weighted by atomic mass is 10.0. The van der Waals surface area contributed by atoms with Crippen LogP contribution in [-0.4, -0.2) is 38.3 Å². The summed E-state index contributed by atoms with van der Waals surface area (Å²) in [7, 11) is 0. The van der Waals surface area contributed by atoms with Gasteiger partial charge in [0.15, 0.2) is 5.69 Å². The number of aliphatic hydroxyl groups excluding tert-OH is 1. The SMILES string of the molecule is CC(C)(CCO)Nc1cncc(C(=O)O)n1. The Balaban J connectivity index is 2.81. The molecule has 0 saturated carbocycles. The van der Waals surface area contributed by atoms with Crippen molar-refractivity contribution in [1.29, 1.82) is 0 Å². The number of carboxylic acids is 1. The van der Waals surface area contributed by atoms with Gasteiger partial charge in [-0.25, -0.2) is 9.78 Å². The number of rotatable bonds is 5. The molecule has 0 aliphatic rings. The number of nitrogens with zero attached hydrogens (tertiary/aromatic N) is 2. The first-order chi connectivity index (χ1) is 7.44. The lowest BCUT2D eigenvalue weighted by Crippen LogP contribution is -2.32. The minimum absolute atomic E-state index is 0.0477. The van der Waals surface area contributed by atoms with Crippen molar-refractivity contribution in [2.45, 2.75) is 25.8 Å². The molecule has 0 spiro atoms. The van der Waals surface area contributed by atoms with E-state index in [4.69, 9.17) is 10.2 Å². The monoisotopic (exact) mass is 225 g/mol. The Kier molecular flexibility index (Phi) is 3.78. The summed E-state index contributed by atoms with van der Waals surface area (Å²) in [6, 6.07) is 0. The highest BCUT2D eigenvalue weighted by atomic mass is 16.4. The number of aromatic carboxylic acids is 1. The number of nitrogens with one attached hydrogen (secondary N) is 1. The van der Waals surface area contributed by atoms with E-state index in [9.17, 15) is 4.79 Å². The first-order valence-corrected chi connectivity index (χ1v) is 4.89. The molecule has 0 atom stereocenters. The van der Waals surface area contributed by atoms with Crippen LogP contribution >= 0.6 is 0 Å². The fourth-order valence-electron chi connectivity index (χ4n) is 1.22. The Morgan fingerprint density at radius 2 is 2.19 bits per heavy atom. The van der Waals surface area contributed by atoms with Crippen LogP contribution in [0.15, 0.2) is 12.4 Å². The molecule has 0 saturated heterocycles. The number of hydrogen-bond donors (Lipinski definition) is 3. The van der Waals surface area contributed by atoms with Gasteiger partial charge in [0.1, 0.15) is 5.82 Å². The Morgan fingerprint density at radius 3 is 2.75 bits per heavy atom. The fraction of sp³-hybridized carbons (Fsp3) is 0.500. The number of aromatic nitrogens is 2. The van der Waals surface area contributed by atoms with Crippen molar-refractivity contribution in [3.05, 3.63) is 18.1 Å². The third-order valence-corrected chi connectivity index (χ3v) is 2.06. The maximum atomic E-state index is 10.7. The molecule has 6 nitrogen and oxygen atoms in total. The van der Waals surface area contributed by atoms with Gasteiger partial charge in [-0.05, 0) is 20.3 Å². The molecule has 3 N–H and O–H groups in total. The molecule has 16 heavy (non-hydrogen) atoms. The summed E-state index contributed by atoms with van der Waals surface area (Å²) in [5.74, 6) is -0.727. The second kappa shape index (κ2) is 4.89. The van der Waals surface area contributed by atoms with Gasteiger partial charge in [-0.3, -0.25) is 4.98 Å².